The third-order valence-electron chi connectivity index (χ3n) is 5.02. The number of benzene rings is 2. The van der Waals surface area contributed by atoms with Gasteiger partial charge >= 0.3 is 5.97 Å². The molecular weight excluding hydrogens is 410 g/mol. The highest BCUT2D eigenvalue weighted by Crippen LogP contribution is 2.28. The second-order valence-electron chi connectivity index (χ2n) is 7.21. The van der Waals surface area contributed by atoms with E-state index in [-0.39, 0.29) is 5.56 Å². The standard InChI is InChI=1S/C24H21N3O5/c1-2-32-18-6-3-15(4-7-18)13-16-11-12-27-23(16)26-20-14-17(5-8-19(20)24(27)31)25-21(28)9-10-22(29)30/h3-10,13-14H,2,11-12H2,1H3,(H,25,28)(H,29,30)/b10-9-,16-13?. The molecule has 32 heavy (non-hydrogen) atoms. The summed E-state index contributed by atoms with van der Waals surface area (Å²) in [7, 11) is 0. The number of allylic oxidation sites excluding steroid dienone is 1. The number of carbonyl (C=O) groups is 2. The number of carbonyl (C=O) groups excluding carboxylic acids is 1. The van der Waals surface area contributed by atoms with E-state index in [0.29, 0.717) is 42.0 Å². The van der Waals surface area contributed by atoms with Crippen molar-refractivity contribution in [1.29, 1.82) is 0 Å². The topological polar surface area (TPSA) is 111 Å². The van der Waals surface area contributed by atoms with Crippen LogP contribution in [0.2, 0.25) is 0 Å². The van der Waals surface area contributed by atoms with Crippen molar-refractivity contribution in [3.8, 4) is 5.75 Å². The number of carboxylic acid groups (broad SMARTS) is 1. The Hall–Kier alpha value is -4.20. The molecule has 0 aliphatic carbocycles. The van der Waals surface area contributed by atoms with Crippen molar-refractivity contribution < 1.29 is 19.4 Å². The van der Waals surface area contributed by atoms with Crippen molar-refractivity contribution in [3.63, 3.8) is 0 Å². The van der Waals surface area contributed by atoms with Gasteiger partial charge in [0.25, 0.3) is 5.56 Å². The Bertz CT molecular complexity index is 1320. The van der Waals surface area contributed by atoms with Crippen LogP contribution in [0.4, 0.5) is 5.69 Å². The maximum Gasteiger partial charge on any atom is 0.328 e. The van der Waals surface area contributed by atoms with E-state index in [1.807, 2.05) is 37.3 Å². The monoisotopic (exact) mass is 431 g/mol. The summed E-state index contributed by atoms with van der Waals surface area (Å²) in [5.74, 6) is -0.392. The molecule has 0 atom stereocenters. The lowest BCUT2D eigenvalue weighted by Gasteiger charge is -2.08. The van der Waals surface area contributed by atoms with E-state index in [0.717, 1.165) is 29.0 Å². The molecular formula is C24H21N3O5. The minimum Gasteiger partial charge on any atom is -0.494 e. The zero-order valence-electron chi connectivity index (χ0n) is 17.4. The summed E-state index contributed by atoms with van der Waals surface area (Å²) >= 11 is 0. The molecule has 2 N–H and O–H groups in total. The number of aliphatic carboxylic acids is 1. The first-order valence-corrected chi connectivity index (χ1v) is 10.1. The smallest absolute Gasteiger partial charge is 0.328 e. The normalized spacial score (nSPS) is 14.1. The predicted octanol–water partition coefficient (Wildman–Crippen LogP) is 3.32. The quantitative estimate of drug-likeness (QED) is 0.580. The van der Waals surface area contributed by atoms with Crippen molar-refractivity contribution in [3.05, 3.63) is 76.4 Å². The maximum atomic E-state index is 13.0. The number of ether oxygens (including phenoxy) is 1. The van der Waals surface area contributed by atoms with Gasteiger partial charge in [-0.3, -0.25) is 14.2 Å². The number of aromatic nitrogens is 2. The second kappa shape index (κ2) is 8.89. The molecule has 162 valence electrons. The number of hydrogen-bond donors (Lipinski definition) is 2. The lowest BCUT2D eigenvalue weighted by Crippen LogP contribution is -2.21. The summed E-state index contributed by atoms with van der Waals surface area (Å²) in [6.07, 6.45) is 4.38. The van der Waals surface area contributed by atoms with Crippen molar-refractivity contribution in [2.45, 2.75) is 19.9 Å². The molecule has 1 aliphatic heterocycles. The average molecular weight is 431 g/mol. The first kappa shape index (κ1) is 21.0. The molecule has 8 nitrogen and oxygen atoms in total. The van der Waals surface area contributed by atoms with E-state index in [9.17, 15) is 14.4 Å². The van der Waals surface area contributed by atoms with Crippen LogP contribution in [0, 0.1) is 0 Å². The van der Waals surface area contributed by atoms with Gasteiger partial charge in [0.2, 0.25) is 5.91 Å². The summed E-state index contributed by atoms with van der Waals surface area (Å²) in [4.78, 5) is 40.1. The van der Waals surface area contributed by atoms with E-state index >= 15 is 0 Å². The van der Waals surface area contributed by atoms with Gasteiger partial charge in [0.1, 0.15) is 11.6 Å². The van der Waals surface area contributed by atoms with E-state index in [1.54, 1.807) is 22.8 Å². The first-order chi connectivity index (χ1) is 15.4. The van der Waals surface area contributed by atoms with Crippen LogP contribution < -0.4 is 15.6 Å². The first-order valence-electron chi connectivity index (χ1n) is 10.1. The summed E-state index contributed by atoms with van der Waals surface area (Å²) in [5, 5.41) is 11.7. The van der Waals surface area contributed by atoms with Gasteiger partial charge in [0, 0.05) is 24.4 Å². The number of amides is 1. The highest BCUT2D eigenvalue weighted by Gasteiger charge is 2.21. The number of anilines is 1. The lowest BCUT2D eigenvalue weighted by molar-refractivity contribution is -0.131. The number of rotatable bonds is 6. The Kier molecular flexibility index (Phi) is 5.85. The Morgan fingerprint density at radius 2 is 1.97 bits per heavy atom. The number of fused-ring (bicyclic) bond motifs is 2. The fourth-order valence-electron chi connectivity index (χ4n) is 3.59. The Morgan fingerprint density at radius 1 is 1.19 bits per heavy atom. The third-order valence-corrected chi connectivity index (χ3v) is 5.02. The van der Waals surface area contributed by atoms with Crippen LogP contribution in [-0.2, 0) is 16.1 Å². The lowest BCUT2D eigenvalue weighted by atomic mass is 10.1. The van der Waals surface area contributed by atoms with E-state index in [1.165, 1.54) is 0 Å². The van der Waals surface area contributed by atoms with E-state index in [4.69, 9.17) is 9.84 Å². The molecule has 0 spiro atoms. The Balaban J connectivity index is 1.67. The molecule has 0 bridgehead atoms. The zero-order chi connectivity index (χ0) is 22.7. The number of carboxylic acids is 1. The summed E-state index contributed by atoms with van der Waals surface area (Å²) in [6, 6.07) is 12.5. The van der Waals surface area contributed by atoms with Crippen LogP contribution in [-0.4, -0.2) is 33.1 Å². The zero-order valence-corrected chi connectivity index (χ0v) is 17.4. The molecule has 4 rings (SSSR count). The number of nitrogens with zero attached hydrogens (tertiary/aromatic N) is 2. The molecule has 1 aromatic heterocycles. The van der Waals surface area contributed by atoms with Gasteiger partial charge in [-0.05, 0) is 60.9 Å². The van der Waals surface area contributed by atoms with Crippen LogP contribution in [0.3, 0.4) is 0 Å². The van der Waals surface area contributed by atoms with Gasteiger partial charge in [-0.2, -0.15) is 0 Å². The summed E-state index contributed by atoms with van der Waals surface area (Å²) in [5.41, 5.74) is 2.68. The van der Waals surface area contributed by atoms with Crippen LogP contribution in [0.1, 0.15) is 24.7 Å². The van der Waals surface area contributed by atoms with Crippen molar-refractivity contribution >= 4 is 40.1 Å². The van der Waals surface area contributed by atoms with Crippen LogP contribution in [0.15, 0.2) is 59.4 Å². The number of nitrogens with one attached hydrogen (secondary N) is 1. The molecule has 2 heterocycles. The molecule has 0 fully saturated rings. The third kappa shape index (κ3) is 4.44. The SMILES string of the molecule is CCOc1ccc(C=C2CCn3c2nc2cc(NC(=O)/C=C\C(=O)O)ccc2c3=O)cc1. The fraction of sp³-hybridized carbons (Fsp3) is 0.167. The van der Waals surface area contributed by atoms with Crippen molar-refractivity contribution in [2.75, 3.05) is 11.9 Å². The molecule has 0 saturated carbocycles. The molecule has 1 aliphatic rings. The highest BCUT2D eigenvalue weighted by atomic mass is 16.5. The van der Waals surface area contributed by atoms with Crippen LogP contribution >= 0.6 is 0 Å². The molecule has 0 radical (unpaired) electrons. The molecule has 1 amide bonds. The van der Waals surface area contributed by atoms with Gasteiger partial charge in [-0.15, -0.1) is 0 Å². The van der Waals surface area contributed by atoms with Crippen LogP contribution in [0.5, 0.6) is 5.75 Å². The fourth-order valence-corrected chi connectivity index (χ4v) is 3.59. The van der Waals surface area contributed by atoms with Gasteiger partial charge in [0.05, 0.1) is 17.5 Å². The van der Waals surface area contributed by atoms with Crippen molar-refractivity contribution in [1.82, 2.24) is 9.55 Å². The van der Waals surface area contributed by atoms with E-state index < -0.39 is 11.9 Å². The van der Waals surface area contributed by atoms with Crippen LogP contribution in [0.25, 0.3) is 22.6 Å². The molecule has 8 heteroatoms. The minimum absolute atomic E-state index is 0.135. The maximum absolute atomic E-state index is 13.0. The largest absolute Gasteiger partial charge is 0.494 e. The van der Waals surface area contributed by atoms with E-state index in [2.05, 4.69) is 10.3 Å². The average Bonchev–Trinajstić information content (AvgIpc) is 3.16. The van der Waals surface area contributed by atoms with Gasteiger partial charge in [0.15, 0.2) is 0 Å². The minimum atomic E-state index is -1.21. The second-order valence-corrected chi connectivity index (χ2v) is 7.21. The summed E-state index contributed by atoms with van der Waals surface area (Å²) < 4.78 is 7.14. The van der Waals surface area contributed by atoms with Gasteiger partial charge < -0.3 is 15.2 Å². The number of hydrogen-bond acceptors (Lipinski definition) is 5. The van der Waals surface area contributed by atoms with Crippen molar-refractivity contribution in [2.24, 2.45) is 0 Å². The molecule has 2 aromatic carbocycles. The molecule has 3 aromatic rings. The Labute approximate surface area is 183 Å². The summed E-state index contributed by atoms with van der Waals surface area (Å²) in [6.45, 7) is 3.09. The molecule has 0 unspecified atom stereocenters. The molecule has 0 saturated heterocycles. The highest BCUT2D eigenvalue weighted by molar-refractivity contribution is 6.03. The van der Waals surface area contributed by atoms with Gasteiger partial charge in [-0.25, -0.2) is 9.78 Å². The van der Waals surface area contributed by atoms with Gasteiger partial charge in [-0.1, -0.05) is 12.1 Å². The Morgan fingerprint density at radius 3 is 2.69 bits per heavy atom. The predicted molar refractivity (Wildman–Crippen MR) is 122 cm³/mol.